The van der Waals surface area contributed by atoms with Crippen LogP contribution < -0.4 is 0 Å². The first kappa shape index (κ1) is 9.94. The van der Waals surface area contributed by atoms with E-state index in [1.54, 1.807) is 10.9 Å². The Labute approximate surface area is 96.1 Å². The van der Waals surface area contributed by atoms with Gasteiger partial charge in [0, 0.05) is 0 Å². The van der Waals surface area contributed by atoms with Gasteiger partial charge in [0.15, 0.2) is 0 Å². The summed E-state index contributed by atoms with van der Waals surface area (Å²) in [6.45, 7) is 0. The SMILES string of the molecule is N#CCc1ccc(-n2nccc2Br)cc1. The molecule has 0 saturated carbocycles. The van der Waals surface area contributed by atoms with Crippen molar-refractivity contribution in [1.29, 1.82) is 5.26 Å². The lowest BCUT2D eigenvalue weighted by Gasteiger charge is -2.03. The number of hydrogen-bond acceptors (Lipinski definition) is 2. The van der Waals surface area contributed by atoms with Crippen LogP contribution in [0.4, 0.5) is 0 Å². The van der Waals surface area contributed by atoms with Crippen molar-refractivity contribution in [2.24, 2.45) is 0 Å². The molecule has 0 N–H and O–H groups in total. The molecule has 3 nitrogen and oxygen atoms in total. The highest BCUT2D eigenvalue weighted by Crippen LogP contribution is 2.15. The molecule has 0 aliphatic heterocycles. The predicted octanol–water partition coefficient (Wildman–Crippen LogP) is 2.70. The monoisotopic (exact) mass is 261 g/mol. The number of nitriles is 1. The van der Waals surface area contributed by atoms with Crippen molar-refractivity contribution in [2.45, 2.75) is 6.42 Å². The fraction of sp³-hybridized carbons (Fsp3) is 0.0909. The Morgan fingerprint density at radius 1 is 1.27 bits per heavy atom. The molecule has 0 unspecified atom stereocenters. The van der Waals surface area contributed by atoms with Crippen LogP contribution in [0.3, 0.4) is 0 Å². The van der Waals surface area contributed by atoms with Crippen molar-refractivity contribution in [3.63, 3.8) is 0 Å². The van der Waals surface area contributed by atoms with E-state index in [1.807, 2.05) is 30.3 Å². The van der Waals surface area contributed by atoms with Crippen molar-refractivity contribution in [2.75, 3.05) is 0 Å². The average molecular weight is 262 g/mol. The summed E-state index contributed by atoms with van der Waals surface area (Å²) < 4.78 is 2.70. The third-order valence-electron chi connectivity index (χ3n) is 2.06. The fourth-order valence-corrected chi connectivity index (χ4v) is 1.74. The number of rotatable bonds is 2. The van der Waals surface area contributed by atoms with Crippen LogP contribution >= 0.6 is 15.9 Å². The molecule has 0 amide bonds. The maximum absolute atomic E-state index is 8.54. The van der Waals surface area contributed by atoms with Crippen LogP contribution in [-0.2, 0) is 6.42 Å². The number of benzene rings is 1. The lowest BCUT2D eigenvalue weighted by atomic mass is 10.1. The van der Waals surface area contributed by atoms with E-state index in [2.05, 4.69) is 27.1 Å². The van der Waals surface area contributed by atoms with Crippen LogP contribution in [0.15, 0.2) is 41.1 Å². The molecule has 1 heterocycles. The predicted molar refractivity (Wildman–Crippen MR) is 60.6 cm³/mol. The van der Waals surface area contributed by atoms with Crippen LogP contribution in [0.2, 0.25) is 0 Å². The van der Waals surface area contributed by atoms with Crippen LogP contribution in [-0.4, -0.2) is 9.78 Å². The quantitative estimate of drug-likeness (QED) is 0.834. The second kappa shape index (κ2) is 4.28. The molecule has 0 bridgehead atoms. The van der Waals surface area contributed by atoms with E-state index in [0.717, 1.165) is 15.9 Å². The average Bonchev–Trinajstić information content (AvgIpc) is 2.66. The maximum Gasteiger partial charge on any atom is 0.109 e. The minimum absolute atomic E-state index is 0.445. The van der Waals surface area contributed by atoms with Gasteiger partial charge < -0.3 is 0 Å². The molecule has 4 heteroatoms. The van der Waals surface area contributed by atoms with Gasteiger partial charge in [-0.15, -0.1) is 0 Å². The summed E-state index contributed by atoms with van der Waals surface area (Å²) >= 11 is 3.40. The second-order valence-electron chi connectivity index (χ2n) is 3.07. The summed E-state index contributed by atoms with van der Waals surface area (Å²) in [4.78, 5) is 0. The number of hydrogen-bond donors (Lipinski definition) is 0. The summed E-state index contributed by atoms with van der Waals surface area (Å²) in [5.74, 6) is 0. The minimum Gasteiger partial charge on any atom is -0.227 e. The highest BCUT2D eigenvalue weighted by atomic mass is 79.9. The molecular formula is C11H8BrN3. The number of halogens is 1. The minimum atomic E-state index is 0.445. The Balaban J connectivity index is 2.33. The molecule has 74 valence electrons. The van der Waals surface area contributed by atoms with Crippen LogP contribution in [0, 0.1) is 11.3 Å². The molecular weight excluding hydrogens is 254 g/mol. The van der Waals surface area contributed by atoms with E-state index in [1.165, 1.54) is 0 Å². The Hall–Kier alpha value is -1.60. The van der Waals surface area contributed by atoms with E-state index in [9.17, 15) is 0 Å². The topological polar surface area (TPSA) is 41.6 Å². The van der Waals surface area contributed by atoms with Crippen molar-refractivity contribution in [3.8, 4) is 11.8 Å². The Morgan fingerprint density at radius 3 is 2.53 bits per heavy atom. The molecule has 0 aliphatic rings. The zero-order valence-electron chi connectivity index (χ0n) is 7.89. The molecule has 0 fully saturated rings. The van der Waals surface area contributed by atoms with E-state index >= 15 is 0 Å². The molecule has 15 heavy (non-hydrogen) atoms. The summed E-state index contributed by atoms with van der Waals surface area (Å²) in [7, 11) is 0. The molecule has 0 radical (unpaired) electrons. The maximum atomic E-state index is 8.54. The first-order valence-electron chi connectivity index (χ1n) is 4.47. The Kier molecular flexibility index (Phi) is 2.84. The number of nitrogens with zero attached hydrogens (tertiary/aromatic N) is 3. The fourth-order valence-electron chi connectivity index (χ4n) is 1.32. The second-order valence-corrected chi connectivity index (χ2v) is 3.88. The molecule has 0 atom stereocenters. The largest absolute Gasteiger partial charge is 0.227 e. The Bertz CT molecular complexity index is 493. The first-order valence-corrected chi connectivity index (χ1v) is 5.26. The van der Waals surface area contributed by atoms with E-state index in [4.69, 9.17) is 5.26 Å². The molecule has 1 aromatic heterocycles. The molecule has 1 aromatic carbocycles. The van der Waals surface area contributed by atoms with E-state index in [0.29, 0.717) is 6.42 Å². The van der Waals surface area contributed by atoms with Gasteiger partial charge in [0.05, 0.1) is 24.4 Å². The van der Waals surface area contributed by atoms with Crippen molar-refractivity contribution in [1.82, 2.24) is 9.78 Å². The standard InChI is InChI=1S/C11H8BrN3/c12-11-6-8-14-15(11)10-3-1-9(2-4-10)5-7-13/h1-4,6,8H,5H2. The van der Waals surface area contributed by atoms with Gasteiger partial charge in [0.25, 0.3) is 0 Å². The third-order valence-corrected chi connectivity index (χ3v) is 2.66. The normalized spacial score (nSPS) is 9.87. The molecule has 2 aromatic rings. The van der Waals surface area contributed by atoms with Crippen molar-refractivity contribution in [3.05, 3.63) is 46.7 Å². The van der Waals surface area contributed by atoms with E-state index < -0.39 is 0 Å². The zero-order valence-corrected chi connectivity index (χ0v) is 9.48. The van der Waals surface area contributed by atoms with Gasteiger partial charge in [0.2, 0.25) is 0 Å². The summed E-state index contributed by atoms with van der Waals surface area (Å²) in [6.07, 6.45) is 2.17. The van der Waals surface area contributed by atoms with Gasteiger partial charge >= 0.3 is 0 Å². The highest BCUT2D eigenvalue weighted by Gasteiger charge is 2.01. The third kappa shape index (κ3) is 2.08. The lowest BCUT2D eigenvalue weighted by Crippen LogP contribution is -1.96. The van der Waals surface area contributed by atoms with Gasteiger partial charge in [-0.1, -0.05) is 12.1 Å². The van der Waals surface area contributed by atoms with Gasteiger partial charge in [0.1, 0.15) is 4.60 Å². The smallest absolute Gasteiger partial charge is 0.109 e. The van der Waals surface area contributed by atoms with Crippen LogP contribution in [0.25, 0.3) is 5.69 Å². The Morgan fingerprint density at radius 2 is 2.00 bits per heavy atom. The molecule has 2 rings (SSSR count). The van der Waals surface area contributed by atoms with Gasteiger partial charge in [-0.25, -0.2) is 4.68 Å². The van der Waals surface area contributed by atoms with Gasteiger partial charge in [-0.05, 0) is 39.7 Å². The molecule has 0 spiro atoms. The van der Waals surface area contributed by atoms with Crippen molar-refractivity contribution < 1.29 is 0 Å². The lowest BCUT2D eigenvalue weighted by molar-refractivity contribution is 0.860. The van der Waals surface area contributed by atoms with Crippen LogP contribution in [0.1, 0.15) is 5.56 Å². The zero-order chi connectivity index (χ0) is 10.7. The van der Waals surface area contributed by atoms with Crippen molar-refractivity contribution >= 4 is 15.9 Å². The number of aromatic nitrogens is 2. The summed E-state index contributed by atoms with van der Waals surface area (Å²) in [6, 6.07) is 11.8. The summed E-state index contributed by atoms with van der Waals surface area (Å²) in [5.41, 5.74) is 2.00. The first-order chi connectivity index (χ1) is 7.31. The van der Waals surface area contributed by atoms with E-state index in [-0.39, 0.29) is 0 Å². The van der Waals surface area contributed by atoms with Gasteiger partial charge in [-0.2, -0.15) is 10.4 Å². The molecule has 0 saturated heterocycles. The van der Waals surface area contributed by atoms with Crippen LogP contribution in [0.5, 0.6) is 0 Å². The summed E-state index contributed by atoms with van der Waals surface area (Å²) in [5, 5.41) is 12.7. The van der Waals surface area contributed by atoms with Gasteiger partial charge in [-0.3, -0.25) is 0 Å². The molecule has 0 aliphatic carbocycles. The highest BCUT2D eigenvalue weighted by molar-refractivity contribution is 9.10.